The number of nitrogens with one attached hydrogen (secondary N) is 1. The number of piperidine rings is 1. The summed E-state index contributed by atoms with van der Waals surface area (Å²) in [4.78, 5) is 0. The zero-order chi connectivity index (χ0) is 13.6. The standard InChI is InChI=1S/C10H18.C9H17N/c1-2-6-10-8-4-3-7-9(10)5-1;1-2-4-9-7-10-6-5-8(9)3-1/h9-10H,1-8H2;8-10H,1-7H2. The Balaban J connectivity index is 0.000000121. The van der Waals surface area contributed by atoms with Crippen molar-refractivity contribution in [2.75, 3.05) is 13.1 Å². The molecule has 4 fully saturated rings. The second-order valence-electron chi connectivity index (χ2n) is 7.89. The number of hydrogen-bond acceptors (Lipinski definition) is 1. The minimum atomic E-state index is 1.04. The number of fused-ring (bicyclic) bond motifs is 2. The van der Waals surface area contributed by atoms with Crippen molar-refractivity contribution in [1.29, 1.82) is 0 Å². The molecule has 1 nitrogen and oxygen atoms in total. The van der Waals surface area contributed by atoms with Crippen LogP contribution in [-0.2, 0) is 0 Å². The first-order chi connectivity index (χ1) is 9.93. The monoisotopic (exact) mass is 277 g/mol. The Labute approximate surface area is 126 Å². The van der Waals surface area contributed by atoms with Crippen molar-refractivity contribution in [3.63, 3.8) is 0 Å². The molecule has 1 aliphatic heterocycles. The van der Waals surface area contributed by atoms with E-state index in [1.165, 1.54) is 70.9 Å². The van der Waals surface area contributed by atoms with Crippen molar-refractivity contribution < 1.29 is 0 Å². The Morgan fingerprint density at radius 2 is 0.850 bits per heavy atom. The molecule has 0 bridgehead atoms. The first kappa shape index (κ1) is 14.9. The molecule has 1 saturated heterocycles. The first-order valence-corrected chi connectivity index (χ1v) is 9.64. The Morgan fingerprint density at radius 1 is 0.450 bits per heavy atom. The van der Waals surface area contributed by atoms with Gasteiger partial charge in [0.15, 0.2) is 0 Å². The molecule has 0 aromatic carbocycles. The molecule has 1 N–H and O–H groups in total. The molecule has 0 spiro atoms. The predicted octanol–water partition coefficient (Wildman–Crippen LogP) is 5.15. The molecule has 1 heteroatoms. The van der Waals surface area contributed by atoms with Gasteiger partial charge in [-0.15, -0.1) is 0 Å². The highest BCUT2D eigenvalue weighted by molar-refractivity contribution is 4.81. The summed E-state index contributed by atoms with van der Waals surface area (Å²) in [5, 5.41) is 3.48. The van der Waals surface area contributed by atoms with Crippen LogP contribution in [0.2, 0.25) is 0 Å². The molecule has 3 saturated carbocycles. The third-order valence-electron chi connectivity index (χ3n) is 6.63. The van der Waals surface area contributed by atoms with Crippen LogP contribution in [0.15, 0.2) is 0 Å². The molecule has 0 aromatic heterocycles. The predicted molar refractivity (Wildman–Crippen MR) is 86.9 cm³/mol. The van der Waals surface area contributed by atoms with Gasteiger partial charge in [-0.2, -0.15) is 0 Å². The zero-order valence-electron chi connectivity index (χ0n) is 13.4. The van der Waals surface area contributed by atoms with Crippen molar-refractivity contribution in [2.45, 2.75) is 83.5 Å². The molecule has 3 aliphatic carbocycles. The van der Waals surface area contributed by atoms with Crippen LogP contribution in [-0.4, -0.2) is 13.1 Å². The summed E-state index contributed by atoms with van der Waals surface area (Å²) in [5.41, 5.74) is 0. The molecule has 0 radical (unpaired) electrons. The van der Waals surface area contributed by atoms with E-state index in [0.29, 0.717) is 0 Å². The Kier molecular flexibility index (Phi) is 5.82. The van der Waals surface area contributed by atoms with Gasteiger partial charge in [0.1, 0.15) is 0 Å². The van der Waals surface area contributed by atoms with Crippen molar-refractivity contribution in [3.05, 3.63) is 0 Å². The van der Waals surface area contributed by atoms with E-state index in [0.717, 1.165) is 23.7 Å². The average Bonchev–Trinajstić information content (AvgIpc) is 2.56. The van der Waals surface area contributed by atoms with Gasteiger partial charge in [-0.05, 0) is 49.6 Å². The summed E-state index contributed by atoms with van der Waals surface area (Å²) < 4.78 is 0. The topological polar surface area (TPSA) is 12.0 Å². The fourth-order valence-corrected chi connectivity index (χ4v) is 5.37. The van der Waals surface area contributed by atoms with Gasteiger partial charge in [-0.1, -0.05) is 70.6 Å². The van der Waals surface area contributed by atoms with Gasteiger partial charge in [0.2, 0.25) is 0 Å². The maximum atomic E-state index is 3.48. The third-order valence-corrected chi connectivity index (χ3v) is 6.63. The van der Waals surface area contributed by atoms with E-state index >= 15 is 0 Å². The minimum absolute atomic E-state index is 1.04. The lowest BCUT2D eigenvalue weighted by Gasteiger charge is -2.35. The Morgan fingerprint density at radius 3 is 1.30 bits per heavy atom. The lowest BCUT2D eigenvalue weighted by molar-refractivity contribution is 0.171. The highest BCUT2D eigenvalue weighted by Crippen LogP contribution is 2.40. The van der Waals surface area contributed by atoms with Crippen molar-refractivity contribution in [1.82, 2.24) is 5.32 Å². The molecular formula is C19H35N. The normalized spacial score (nSPS) is 40.8. The van der Waals surface area contributed by atoms with Gasteiger partial charge in [0.25, 0.3) is 0 Å². The average molecular weight is 277 g/mol. The van der Waals surface area contributed by atoms with E-state index in [2.05, 4.69) is 5.32 Å². The highest BCUT2D eigenvalue weighted by Gasteiger charge is 2.27. The zero-order valence-corrected chi connectivity index (χ0v) is 13.4. The van der Waals surface area contributed by atoms with Crippen LogP contribution in [0.4, 0.5) is 0 Å². The molecule has 4 aliphatic rings. The second-order valence-corrected chi connectivity index (χ2v) is 7.89. The molecular weight excluding hydrogens is 242 g/mol. The molecule has 0 aromatic rings. The summed E-state index contributed by atoms with van der Waals surface area (Å²) in [5.74, 6) is 4.45. The van der Waals surface area contributed by atoms with E-state index in [1.807, 2.05) is 0 Å². The van der Waals surface area contributed by atoms with E-state index in [-0.39, 0.29) is 0 Å². The van der Waals surface area contributed by atoms with Gasteiger partial charge in [0, 0.05) is 0 Å². The first-order valence-electron chi connectivity index (χ1n) is 9.64. The van der Waals surface area contributed by atoms with Crippen LogP contribution in [0.1, 0.15) is 83.5 Å². The van der Waals surface area contributed by atoms with Crippen molar-refractivity contribution in [3.8, 4) is 0 Å². The summed E-state index contributed by atoms with van der Waals surface area (Å²) in [7, 11) is 0. The van der Waals surface area contributed by atoms with Gasteiger partial charge in [-0.25, -0.2) is 0 Å². The van der Waals surface area contributed by atoms with E-state index in [1.54, 1.807) is 25.7 Å². The SMILES string of the molecule is C1CCC2CCCCC2C1.C1CCC2CNCCC2C1. The van der Waals surface area contributed by atoms with Crippen LogP contribution in [0.3, 0.4) is 0 Å². The summed E-state index contributed by atoms with van der Waals surface area (Å²) in [6.07, 6.45) is 19.8. The summed E-state index contributed by atoms with van der Waals surface area (Å²) in [6, 6.07) is 0. The van der Waals surface area contributed by atoms with E-state index < -0.39 is 0 Å². The van der Waals surface area contributed by atoms with Crippen LogP contribution in [0.25, 0.3) is 0 Å². The molecule has 0 amide bonds. The third kappa shape index (κ3) is 4.00. The molecule has 2 unspecified atom stereocenters. The smallest absolute Gasteiger partial charge is 0.00179 e. The summed E-state index contributed by atoms with van der Waals surface area (Å²) >= 11 is 0. The van der Waals surface area contributed by atoms with Crippen LogP contribution in [0, 0.1) is 23.7 Å². The van der Waals surface area contributed by atoms with Crippen LogP contribution < -0.4 is 5.32 Å². The van der Waals surface area contributed by atoms with Gasteiger partial charge >= 0.3 is 0 Å². The Bertz CT molecular complexity index is 195. The molecule has 20 heavy (non-hydrogen) atoms. The van der Waals surface area contributed by atoms with Crippen molar-refractivity contribution >= 4 is 0 Å². The van der Waals surface area contributed by atoms with E-state index in [9.17, 15) is 0 Å². The van der Waals surface area contributed by atoms with E-state index in [4.69, 9.17) is 0 Å². The van der Waals surface area contributed by atoms with Gasteiger partial charge in [-0.3, -0.25) is 0 Å². The number of hydrogen-bond donors (Lipinski definition) is 1. The Hall–Kier alpha value is -0.0400. The fraction of sp³-hybridized carbons (Fsp3) is 1.00. The maximum Gasteiger partial charge on any atom is -0.00179 e. The second kappa shape index (κ2) is 7.82. The quantitative estimate of drug-likeness (QED) is 0.645. The van der Waals surface area contributed by atoms with Crippen LogP contribution in [0.5, 0.6) is 0 Å². The van der Waals surface area contributed by atoms with Crippen molar-refractivity contribution in [2.24, 2.45) is 23.7 Å². The fourth-order valence-electron chi connectivity index (χ4n) is 5.37. The minimum Gasteiger partial charge on any atom is -0.316 e. The van der Waals surface area contributed by atoms with Gasteiger partial charge in [0.05, 0.1) is 0 Å². The molecule has 116 valence electrons. The lowest BCUT2D eigenvalue weighted by Crippen LogP contribution is -2.38. The lowest BCUT2D eigenvalue weighted by atomic mass is 9.71. The highest BCUT2D eigenvalue weighted by atomic mass is 14.9. The number of rotatable bonds is 0. The maximum absolute atomic E-state index is 3.48. The van der Waals surface area contributed by atoms with Gasteiger partial charge < -0.3 is 5.32 Å². The molecule has 1 heterocycles. The largest absolute Gasteiger partial charge is 0.316 e. The molecule has 4 rings (SSSR count). The summed E-state index contributed by atoms with van der Waals surface area (Å²) in [6.45, 7) is 2.59. The van der Waals surface area contributed by atoms with Crippen LogP contribution >= 0.6 is 0 Å². The molecule has 2 atom stereocenters.